The summed E-state index contributed by atoms with van der Waals surface area (Å²) in [6, 6.07) is 19.0. The predicted octanol–water partition coefficient (Wildman–Crippen LogP) is 3.53. The van der Waals surface area contributed by atoms with Gasteiger partial charge in [0.15, 0.2) is 6.29 Å². The first kappa shape index (κ1) is 13.8. The van der Waals surface area contributed by atoms with Gasteiger partial charge in [0.1, 0.15) is 5.69 Å². The van der Waals surface area contributed by atoms with Crippen molar-refractivity contribution in [3.8, 4) is 23.0 Å². The van der Waals surface area contributed by atoms with Gasteiger partial charge in [0.2, 0.25) is 0 Å². The van der Waals surface area contributed by atoms with Crippen molar-refractivity contribution in [2.45, 2.75) is 6.92 Å². The van der Waals surface area contributed by atoms with Crippen LogP contribution in [0.5, 0.6) is 0 Å². The number of aromatic nitrogens is 2. The number of nitriles is 1. The molecule has 0 fully saturated rings. The lowest BCUT2D eigenvalue weighted by Crippen LogP contribution is -1.99. The maximum Gasteiger partial charge on any atom is 0.170 e. The lowest BCUT2D eigenvalue weighted by Gasteiger charge is -2.08. The lowest BCUT2D eigenvalue weighted by atomic mass is 10.1. The van der Waals surface area contributed by atoms with Gasteiger partial charge < -0.3 is 0 Å². The first-order valence-corrected chi connectivity index (χ1v) is 6.84. The second kappa shape index (κ2) is 5.66. The van der Waals surface area contributed by atoms with Crippen LogP contribution in [0.4, 0.5) is 0 Å². The molecule has 0 unspecified atom stereocenters. The summed E-state index contributed by atoms with van der Waals surface area (Å²) < 4.78 is 1.72. The van der Waals surface area contributed by atoms with Crippen LogP contribution in [0.1, 0.15) is 21.6 Å². The van der Waals surface area contributed by atoms with Gasteiger partial charge in [-0.15, -0.1) is 0 Å². The molecule has 3 rings (SSSR count). The van der Waals surface area contributed by atoms with Crippen molar-refractivity contribution in [2.24, 2.45) is 0 Å². The van der Waals surface area contributed by atoms with Gasteiger partial charge in [0, 0.05) is 5.56 Å². The van der Waals surface area contributed by atoms with E-state index in [2.05, 4.69) is 11.2 Å². The van der Waals surface area contributed by atoms with Crippen molar-refractivity contribution in [3.63, 3.8) is 0 Å². The highest BCUT2D eigenvalue weighted by Gasteiger charge is 2.11. The van der Waals surface area contributed by atoms with Crippen LogP contribution in [0.2, 0.25) is 0 Å². The van der Waals surface area contributed by atoms with E-state index in [-0.39, 0.29) is 0 Å². The SMILES string of the molecule is Cc1ccc(-c2cc(C=O)nn2-c2ccc(C#N)cc2)cc1. The number of aldehydes is 1. The first-order chi connectivity index (χ1) is 10.7. The fourth-order valence-electron chi connectivity index (χ4n) is 2.26. The van der Waals surface area contributed by atoms with Crippen molar-refractivity contribution in [2.75, 3.05) is 0 Å². The molecule has 0 saturated heterocycles. The highest BCUT2D eigenvalue weighted by molar-refractivity contribution is 5.76. The Balaban J connectivity index is 2.14. The summed E-state index contributed by atoms with van der Waals surface area (Å²) in [7, 11) is 0. The summed E-state index contributed by atoms with van der Waals surface area (Å²) in [5.41, 5.74) is 4.76. The fraction of sp³-hybridized carbons (Fsp3) is 0.0556. The zero-order valence-electron chi connectivity index (χ0n) is 12.0. The molecule has 0 spiro atoms. The Morgan fingerprint density at radius 2 is 1.77 bits per heavy atom. The number of carbonyl (C=O) groups excluding carboxylic acids is 1. The molecule has 0 saturated carbocycles. The molecule has 0 aliphatic rings. The molecule has 0 N–H and O–H groups in total. The number of hydrogen-bond acceptors (Lipinski definition) is 3. The summed E-state index contributed by atoms with van der Waals surface area (Å²) in [5.74, 6) is 0. The average molecular weight is 287 g/mol. The average Bonchev–Trinajstić information content (AvgIpc) is 3.00. The molecule has 0 radical (unpaired) electrons. The van der Waals surface area contributed by atoms with Gasteiger partial charge in [-0.3, -0.25) is 4.79 Å². The van der Waals surface area contributed by atoms with E-state index in [1.807, 2.05) is 43.3 Å². The van der Waals surface area contributed by atoms with Crippen molar-refractivity contribution in [1.82, 2.24) is 9.78 Å². The number of carbonyl (C=O) groups is 1. The van der Waals surface area contributed by atoms with E-state index < -0.39 is 0 Å². The van der Waals surface area contributed by atoms with Crippen LogP contribution in [0.3, 0.4) is 0 Å². The van der Waals surface area contributed by atoms with Crippen LogP contribution >= 0.6 is 0 Å². The van der Waals surface area contributed by atoms with Crippen LogP contribution in [0.15, 0.2) is 54.6 Å². The Bertz CT molecular complexity index is 853. The normalized spacial score (nSPS) is 10.2. The molecule has 0 atom stereocenters. The van der Waals surface area contributed by atoms with Crippen LogP contribution in [-0.4, -0.2) is 16.1 Å². The number of aryl methyl sites for hydroxylation is 1. The topological polar surface area (TPSA) is 58.7 Å². The number of nitrogens with zero attached hydrogens (tertiary/aromatic N) is 3. The van der Waals surface area contributed by atoms with E-state index >= 15 is 0 Å². The van der Waals surface area contributed by atoms with Gasteiger partial charge in [0.05, 0.1) is 23.0 Å². The van der Waals surface area contributed by atoms with Crippen LogP contribution in [-0.2, 0) is 0 Å². The Labute approximate surface area is 128 Å². The highest BCUT2D eigenvalue weighted by atomic mass is 16.1. The Hall–Kier alpha value is -3.19. The third-order valence-corrected chi connectivity index (χ3v) is 3.44. The lowest BCUT2D eigenvalue weighted by molar-refractivity contribution is 0.111. The number of benzene rings is 2. The van der Waals surface area contributed by atoms with Crippen molar-refractivity contribution < 1.29 is 4.79 Å². The van der Waals surface area contributed by atoms with E-state index in [4.69, 9.17) is 5.26 Å². The first-order valence-electron chi connectivity index (χ1n) is 6.84. The van der Waals surface area contributed by atoms with E-state index in [0.29, 0.717) is 11.3 Å². The van der Waals surface area contributed by atoms with Gasteiger partial charge in [-0.2, -0.15) is 10.4 Å². The van der Waals surface area contributed by atoms with Crippen LogP contribution in [0, 0.1) is 18.3 Å². The molecule has 2 aromatic carbocycles. The minimum absolute atomic E-state index is 0.375. The second-order valence-electron chi connectivity index (χ2n) is 5.01. The molecule has 106 valence electrons. The van der Waals surface area contributed by atoms with E-state index in [9.17, 15) is 4.79 Å². The zero-order chi connectivity index (χ0) is 15.5. The molecule has 0 bridgehead atoms. The molecule has 1 aromatic heterocycles. The molecule has 3 aromatic rings. The fourth-order valence-corrected chi connectivity index (χ4v) is 2.26. The van der Waals surface area contributed by atoms with E-state index in [1.165, 1.54) is 5.56 Å². The van der Waals surface area contributed by atoms with E-state index in [0.717, 1.165) is 23.2 Å². The van der Waals surface area contributed by atoms with Gasteiger partial charge in [-0.1, -0.05) is 29.8 Å². The summed E-state index contributed by atoms with van der Waals surface area (Å²) in [6.07, 6.45) is 0.734. The molecule has 22 heavy (non-hydrogen) atoms. The zero-order valence-corrected chi connectivity index (χ0v) is 12.0. The maximum atomic E-state index is 11.1. The molecule has 4 heteroatoms. The monoisotopic (exact) mass is 287 g/mol. The summed E-state index contributed by atoms with van der Waals surface area (Å²) in [6.45, 7) is 2.03. The highest BCUT2D eigenvalue weighted by Crippen LogP contribution is 2.24. The summed E-state index contributed by atoms with van der Waals surface area (Å²) in [5, 5.41) is 13.2. The molecule has 4 nitrogen and oxygen atoms in total. The van der Waals surface area contributed by atoms with Crippen molar-refractivity contribution in [1.29, 1.82) is 5.26 Å². The Morgan fingerprint density at radius 1 is 1.09 bits per heavy atom. The molecule has 1 heterocycles. The smallest absolute Gasteiger partial charge is 0.170 e. The Kier molecular flexibility index (Phi) is 3.55. The van der Waals surface area contributed by atoms with Crippen molar-refractivity contribution in [3.05, 3.63) is 71.4 Å². The largest absolute Gasteiger partial charge is 0.296 e. The quantitative estimate of drug-likeness (QED) is 0.692. The second-order valence-corrected chi connectivity index (χ2v) is 5.01. The van der Waals surface area contributed by atoms with Crippen molar-refractivity contribution >= 4 is 6.29 Å². The molecule has 0 amide bonds. The van der Waals surface area contributed by atoms with Gasteiger partial charge in [0.25, 0.3) is 0 Å². The van der Waals surface area contributed by atoms with Gasteiger partial charge in [-0.05, 0) is 37.3 Å². The number of hydrogen-bond donors (Lipinski definition) is 0. The number of rotatable bonds is 3. The van der Waals surface area contributed by atoms with Crippen LogP contribution < -0.4 is 0 Å². The standard InChI is InChI=1S/C18H13N3O/c1-13-2-6-15(7-3-13)18-10-16(12-22)20-21(18)17-8-4-14(11-19)5-9-17/h2-10,12H,1H3. The van der Waals surface area contributed by atoms with E-state index in [1.54, 1.807) is 22.9 Å². The summed E-state index contributed by atoms with van der Waals surface area (Å²) >= 11 is 0. The molecule has 0 aliphatic carbocycles. The molecule has 0 aliphatic heterocycles. The molecular weight excluding hydrogens is 274 g/mol. The predicted molar refractivity (Wildman–Crippen MR) is 83.8 cm³/mol. The molecular formula is C18H13N3O. The Morgan fingerprint density at radius 3 is 2.36 bits per heavy atom. The third kappa shape index (κ3) is 2.52. The van der Waals surface area contributed by atoms with Crippen LogP contribution in [0.25, 0.3) is 16.9 Å². The van der Waals surface area contributed by atoms with Gasteiger partial charge in [-0.25, -0.2) is 4.68 Å². The van der Waals surface area contributed by atoms with Gasteiger partial charge >= 0.3 is 0 Å². The third-order valence-electron chi connectivity index (χ3n) is 3.44. The summed E-state index contributed by atoms with van der Waals surface area (Å²) in [4.78, 5) is 11.1. The maximum absolute atomic E-state index is 11.1. The minimum atomic E-state index is 0.375. The minimum Gasteiger partial charge on any atom is -0.296 e.